The van der Waals surface area contributed by atoms with Gasteiger partial charge in [0.15, 0.2) is 0 Å². The summed E-state index contributed by atoms with van der Waals surface area (Å²) in [5.74, 6) is -0.200. The van der Waals surface area contributed by atoms with Crippen LogP contribution in [0.15, 0.2) is 85.5 Å². The van der Waals surface area contributed by atoms with Crippen LogP contribution in [0.25, 0.3) is 22.2 Å². The average Bonchev–Trinajstić information content (AvgIpc) is 3.18. The van der Waals surface area contributed by atoms with Crippen LogP contribution >= 0.6 is 0 Å². The molecule has 4 aromatic rings. The van der Waals surface area contributed by atoms with Crippen LogP contribution in [-0.2, 0) is 6.42 Å². The molecule has 0 spiro atoms. The van der Waals surface area contributed by atoms with Crippen molar-refractivity contribution in [3.63, 3.8) is 0 Å². The minimum atomic E-state index is -0.200. The molecule has 152 valence electrons. The van der Waals surface area contributed by atoms with Gasteiger partial charge in [0.25, 0.3) is 0 Å². The number of aromatic nitrogens is 1. The molecule has 31 heavy (non-hydrogen) atoms. The van der Waals surface area contributed by atoms with Crippen molar-refractivity contribution in [2.45, 2.75) is 18.9 Å². The molecule has 3 aromatic carbocycles. The van der Waals surface area contributed by atoms with E-state index in [9.17, 15) is 4.39 Å². The summed E-state index contributed by atoms with van der Waals surface area (Å²) in [6.45, 7) is 4.91. The van der Waals surface area contributed by atoms with Crippen LogP contribution in [0.4, 0.5) is 4.39 Å². The van der Waals surface area contributed by atoms with E-state index in [1.807, 2.05) is 18.2 Å². The highest BCUT2D eigenvalue weighted by molar-refractivity contribution is 5.95. The van der Waals surface area contributed by atoms with Gasteiger partial charge in [-0.2, -0.15) is 0 Å². The predicted molar refractivity (Wildman–Crippen MR) is 125 cm³/mol. The molecule has 3 heteroatoms. The van der Waals surface area contributed by atoms with Gasteiger partial charge >= 0.3 is 0 Å². The van der Waals surface area contributed by atoms with Crippen molar-refractivity contribution in [3.05, 3.63) is 119 Å². The van der Waals surface area contributed by atoms with Gasteiger partial charge in [0.2, 0.25) is 0 Å². The molecule has 1 N–H and O–H groups in total. The molecule has 2 aliphatic heterocycles. The Kier molecular flexibility index (Phi) is 4.10. The number of nitrogens with zero attached hydrogens (tertiary/aromatic N) is 1. The first-order chi connectivity index (χ1) is 15.3. The van der Waals surface area contributed by atoms with E-state index in [0.29, 0.717) is 6.42 Å². The second kappa shape index (κ2) is 6.98. The number of nitrogens with one attached hydrogen (secondary N) is 1. The number of hydrogen-bond donors (Lipinski definition) is 1. The van der Waals surface area contributed by atoms with Crippen LogP contribution in [0.5, 0.6) is 0 Å². The van der Waals surface area contributed by atoms with E-state index in [4.69, 9.17) is 0 Å². The van der Waals surface area contributed by atoms with Crippen LogP contribution < -0.4 is 0 Å². The van der Waals surface area contributed by atoms with Gasteiger partial charge < -0.3 is 9.88 Å². The summed E-state index contributed by atoms with van der Waals surface area (Å²) in [7, 11) is 0. The molecular formula is C28H23FN2. The van der Waals surface area contributed by atoms with Crippen LogP contribution in [0, 0.1) is 5.82 Å². The number of H-pyrrole nitrogens is 1. The summed E-state index contributed by atoms with van der Waals surface area (Å²) in [4.78, 5) is 6.22. The summed E-state index contributed by atoms with van der Waals surface area (Å²) in [6.07, 6.45) is 3.60. The molecule has 0 amide bonds. The Labute approximate surface area is 181 Å². The van der Waals surface area contributed by atoms with Crippen LogP contribution in [0.2, 0.25) is 0 Å². The first-order valence-corrected chi connectivity index (χ1v) is 10.8. The van der Waals surface area contributed by atoms with E-state index in [1.54, 1.807) is 12.1 Å². The fourth-order valence-corrected chi connectivity index (χ4v) is 5.42. The molecule has 6 rings (SSSR count). The maximum absolute atomic E-state index is 14.5. The summed E-state index contributed by atoms with van der Waals surface area (Å²) in [5.41, 5.74) is 9.42. The molecule has 0 fully saturated rings. The molecule has 0 bridgehead atoms. The largest absolute Gasteiger partial charge is 0.358 e. The number of halogens is 1. The second-order valence-corrected chi connectivity index (χ2v) is 8.33. The van der Waals surface area contributed by atoms with Crippen molar-refractivity contribution in [3.8, 4) is 0 Å². The van der Waals surface area contributed by atoms with E-state index in [0.717, 1.165) is 29.7 Å². The lowest BCUT2D eigenvalue weighted by atomic mass is 9.80. The van der Waals surface area contributed by atoms with Crippen molar-refractivity contribution in [1.29, 1.82) is 0 Å². The maximum atomic E-state index is 14.5. The number of rotatable bonds is 3. The Balaban J connectivity index is 1.67. The molecule has 1 unspecified atom stereocenters. The number of benzene rings is 3. The van der Waals surface area contributed by atoms with Crippen LogP contribution in [0.1, 0.15) is 40.4 Å². The highest BCUT2D eigenvalue weighted by Crippen LogP contribution is 2.50. The van der Waals surface area contributed by atoms with Crippen molar-refractivity contribution >= 4 is 22.2 Å². The number of para-hydroxylation sites is 1. The lowest BCUT2D eigenvalue weighted by molar-refractivity contribution is 0.311. The molecule has 0 radical (unpaired) electrons. The molecule has 2 aliphatic rings. The molecule has 0 saturated heterocycles. The van der Waals surface area contributed by atoms with Crippen molar-refractivity contribution in [1.82, 2.24) is 9.88 Å². The second-order valence-electron chi connectivity index (χ2n) is 8.33. The third-order valence-electron chi connectivity index (χ3n) is 6.64. The minimum absolute atomic E-state index is 0.0375. The monoisotopic (exact) mass is 406 g/mol. The van der Waals surface area contributed by atoms with Gasteiger partial charge in [0.05, 0.1) is 6.04 Å². The van der Waals surface area contributed by atoms with E-state index < -0.39 is 0 Å². The Morgan fingerprint density at radius 2 is 1.84 bits per heavy atom. The maximum Gasteiger partial charge on any atom is 0.123 e. The topological polar surface area (TPSA) is 19.0 Å². The fraction of sp³-hybridized carbons (Fsp3) is 0.143. The molecule has 1 aromatic heterocycles. The summed E-state index contributed by atoms with van der Waals surface area (Å²) in [5, 5.41) is 1.29. The smallest absolute Gasteiger partial charge is 0.123 e. The molecule has 2 nitrogen and oxygen atoms in total. The molecule has 0 saturated carbocycles. The minimum Gasteiger partial charge on any atom is -0.358 e. The normalized spacial score (nSPS) is 17.3. The quantitative estimate of drug-likeness (QED) is 0.375. The van der Waals surface area contributed by atoms with Gasteiger partial charge in [-0.1, -0.05) is 60.7 Å². The third-order valence-corrected chi connectivity index (χ3v) is 6.64. The Hall–Kier alpha value is -3.59. The Morgan fingerprint density at radius 1 is 1.03 bits per heavy atom. The van der Waals surface area contributed by atoms with Crippen molar-refractivity contribution in [2.75, 3.05) is 6.54 Å². The van der Waals surface area contributed by atoms with E-state index in [-0.39, 0.29) is 11.9 Å². The first kappa shape index (κ1) is 18.2. The van der Waals surface area contributed by atoms with E-state index in [2.05, 4.69) is 65.0 Å². The Morgan fingerprint density at radius 3 is 2.68 bits per heavy atom. The zero-order valence-electron chi connectivity index (χ0n) is 17.2. The Bertz CT molecular complexity index is 1350. The van der Waals surface area contributed by atoms with Gasteiger partial charge in [-0.05, 0) is 58.9 Å². The van der Waals surface area contributed by atoms with Gasteiger partial charge in [-0.15, -0.1) is 6.58 Å². The van der Waals surface area contributed by atoms with Gasteiger partial charge in [0, 0.05) is 28.8 Å². The number of hydrogen-bond acceptors (Lipinski definition) is 1. The standard InChI is InChI=1S/C28H23FN2/c1-2-8-22-24-17-19(29)13-14-23(24)28-26-21(20-11-6-7-12-25(20)30-26)15-16-31(28)27(22)18-9-4-3-5-10-18/h2-7,9-14,17,28,30H,1,8,15-16H2. The van der Waals surface area contributed by atoms with Crippen molar-refractivity contribution in [2.24, 2.45) is 0 Å². The van der Waals surface area contributed by atoms with E-state index >= 15 is 0 Å². The van der Waals surface area contributed by atoms with Crippen LogP contribution in [0.3, 0.4) is 0 Å². The molecule has 0 aliphatic carbocycles. The number of fused-ring (bicyclic) bond motifs is 7. The number of aromatic amines is 1. The van der Waals surface area contributed by atoms with Gasteiger partial charge in [-0.3, -0.25) is 0 Å². The lowest BCUT2D eigenvalue weighted by Gasteiger charge is -2.44. The zero-order chi connectivity index (χ0) is 20.9. The highest BCUT2D eigenvalue weighted by Gasteiger charge is 2.39. The molecular weight excluding hydrogens is 383 g/mol. The zero-order valence-corrected chi connectivity index (χ0v) is 17.2. The SMILES string of the molecule is C=CCC1=C(c2ccccc2)N2CCc3c([nH]c4ccccc34)C2c2ccc(F)cc21. The van der Waals surface area contributed by atoms with Crippen molar-refractivity contribution < 1.29 is 4.39 Å². The summed E-state index contributed by atoms with van der Waals surface area (Å²) >= 11 is 0. The summed E-state index contributed by atoms with van der Waals surface area (Å²) < 4.78 is 14.5. The fourth-order valence-electron chi connectivity index (χ4n) is 5.42. The van der Waals surface area contributed by atoms with Gasteiger partial charge in [0.1, 0.15) is 5.82 Å². The summed E-state index contributed by atoms with van der Waals surface area (Å²) in [6, 6.07) is 24.3. The first-order valence-electron chi connectivity index (χ1n) is 10.8. The van der Waals surface area contributed by atoms with E-state index in [1.165, 1.54) is 33.4 Å². The molecule has 3 heterocycles. The average molecular weight is 407 g/mol. The third kappa shape index (κ3) is 2.70. The highest BCUT2D eigenvalue weighted by atomic mass is 19.1. The van der Waals surface area contributed by atoms with Gasteiger partial charge in [-0.25, -0.2) is 4.39 Å². The van der Waals surface area contributed by atoms with Crippen LogP contribution in [-0.4, -0.2) is 16.4 Å². The molecule has 1 atom stereocenters. The predicted octanol–water partition coefficient (Wildman–Crippen LogP) is 6.71. The lowest BCUT2D eigenvalue weighted by Crippen LogP contribution is -2.38. The number of allylic oxidation sites excluding steroid dienone is 2.